The van der Waals surface area contributed by atoms with Gasteiger partial charge in [0.15, 0.2) is 0 Å². The molecule has 4 heteroatoms. The highest BCUT2D eigenvalue weighted by atomic mass is 16.5. The summed E-state index contributed by atoms with van der Waals surface area (Å²) in [5.41, 5.74) is 0.338. The van der Waals surface area contributed by atoms with E-state index in [1.165, 1.54) is 0 Å². The van der Waals surface area contributed by atoms with Crippen LogP contribution in [0.3, 0.4) is 0 Å². The van der Waals surface area contributed by atoms with Crippen molar-refractivity contribution in [2.45, 2.75) is 45.6 Å². The van der Waals surface area contributed by atoms with E-state index in [1.54, 1.807) is 0 Å². The fraction of sp³-hybridized carbons (Fsp3) is 1.00. The van der Waals surface area contributed by atoms with E-state index in [0.29, 0.717) is 11.3 Å². The molecule has 0 aromatic heterocycles. The molecule has 0 bridgehead atoms. The Hall–Kier alpha value is -0.160. The predicted molar refractivity (Wildman–Crippen MR) is 81.9 cm³/mol. The molecule has 0 spiro atoms. The zero-order chi connectivity index (χ0) is 14.4. The number of aliphatic hydroxyl groups excluding tert-OH is 1. The SMILES string of the molecule is CC(C)CNCC1(CN2CCCC(O)C2)CCOCC1. The maximum Gasteiger partial charge on any atom is 0.0667 e. The minimum absolute atomic E-state index is 0.121. The number of hydrogen-bond donors (Lipinski definition) is 2. The Labute approximate surface area is 123 Å². The van der Waals surface area contributed by atoms with E-state index < -0.39 is 0 Å². The summed E-state index contributed by atoms with van der Waals surface area (Å²) in [5.74, 6) is 0.698. The van der Waals surface area contributed by atoms with Gasteiger partial charge in [-0.05, 0) is 50.1 Å². The number of nitrogens with one attached hydrogen (secondary N) is 1. The van der Waals surface area contributed by atoms with Gasteiger partial charge < -0.3 is 20.1 Å². The van der Waals surface area contributed by atoms with Crippen LogP contribution >= 0.6 is 0 Å². The number of β-amino-alcohol motifs (C(OH)–C–C–N with tert-alkyl or cyclic N) is 1. The van der Waals surface area contributed by atoms with Crippen molar-refractivity contribution in [3.8, 4) is 0 Å². The van der Waals surface area contributed by atoms with Gasteiger partial charge in [0.1, 0.15) is 0 Å². The fourth-order valence-corrected chi connectivity index (χ4v) is 3.47. The lowest BCUT2D eigenvalue weighted by Crippen LogP contribution is -2.50. The summed E-state index contributed by atoms with van der Waals surface area (Å²) in [5, 5.41) is 13.5. The molecule has 2 heterocycles. The molecule has 2 aliphatic rings. The molecule has 118 valence electrons. The molecule has 2 aliphatic heterocycles. The first kappa shape index (κ1) is 16.2. The maximum atomic E-state index is 9.86. The van der Waals surface area contributed by atoms with Gasteiger partial charge in [-0.1, -0.05) is 13.8 Å². The first-order valence-electron chi connectivity index (χ1n) is 8.28. The molecule has 2 rings (SSSR count). The van der Waals surface area contributed by atoms with Gasteiger partial charge in [0.05, 0.1) is 6.10 Å². The van der Waals surface area contributed by atoms with Crippen molar-refractivity contribution in [3.63, 3.8) is 0 Å². The minimum atomic E-state index is -0.121. The second-order valence-electron chi connectivity index (χ2n) is 7.17. The Morgan fingerprint density at radius 3 is 2.75 bits per heavy atom. The van der Waals surface area contributed by atoms with Crippen LogP contribution in [0.5, 0.6) is 0 Å². The van der Waals surface area contributed by atoms with Gasteiger partial charge in [0, 0.05) is 32.8 Å². The molecule has 0 aliphatic carbocycles. The number of nitrogens with zero attached hydrogens (tertiary/aromatic N) is 1. The Morgan fingerprint density at radius 1 is 1.35 bits per heavy atom. The van der Waals surface area contributed by atoms with E-state index in [2.05, 4.69) is 24.1 Å². The number of rotatable bonds is 6. The number of aliphatic hydroxyl groups is 1. The van der Waals surface area contributed by atoms with Gasteiger partial charge in [0.2, 0.25) is 0 Å². The monoisotopic (exact) mass is 284 g/mol. The molecule has 0 aromatic rings. The van der Waals surface area contributed by atoms with Gasteiger partial charge in [-0.15, -0.1) is 0 Å². The number of piperidine rings is 1. The zero-order valence-electron chi connectivity index (χ0n) is 13.2. The molecule has 1 atom stereocenters. The zero-order valence-corrected chi connectivity index (χ0v) is 13.2. The van der Waals surface area contributed by atoms with Crippen LogP contribution < -0.4 is 5.32 Å². The average molecular weight is 284 g/mol. The summed E-state index contributed by atoms with van der Waals surface area (Å²) in [7, 11) is 0. The average Bonchev–Trinajstić information content (AvgIpc) is 2.39. The highest BCUT2D eigenvalue weighted by molar-refractivity contribution is 4.89. The molecule has 0 radical (unpaired) electrons. The third-order valence-electron chi connectivity index (χ3n) is 4.65. The van der Waals surface area contributed by atoms with E-state index in [0.717, 1.165) is 71.6 Å². The Kier molecular flexibility index (Phi) is 6.27. The molecular formula is C16H32N2O2. The third-order valence-corrected chi connectivity index (χ3v) is 4.65. The largest absolute Gasteiger partial charge is 0.392 e. The molecule has 1 unspecified atom stereocenters. The second kappa shape index (κ2) is 7.74. The molecule has 0 aromatic carbocycles. The number of ether oxygens (including phenoxy) is 1. The predicted octanol–water partition coefficient (Wildman–Crippen LogP) is 1.49. The molecule has 0 saturated carbocycles. The Balaban J connectivity index is 1.88. The van der Waals surface area contributed by atoms with Crippen LogP contribution in [0.4, 0.5) is 0 Å². The second-order valence-corrected chi connectivity index (χ2v) is 7.17. The van der Waals surface area contributed by atoms with Gasteiger partial charge in [-0.2, -0.15) is 0 Å². The summed E-state index contributed by atoms with van der Waals surface area (Å²) in [6.07, 6.45) is 4.27. The minimum Gasteiger partial charge on any atom is -0.392 e. The van der Waals surface area contributed by atoms with Gasteiger partial charge in [0.25, 0.3) is 0 Å². The molecule has 2 N–H and O–H groups in total. The van der Waals surface area contributed by atoms with Crippen molar-refractivity contribution in [2.75, 3.05) is 45.9 Å². The molecule has 2 fully saturated rings. The van der Waals surface area contributed by atoms with Crippen molar-refractivity contribution in [3.05, 3.63) is 0 Å². The van der Waals surface area contributed by atoms with E-state index in [1.807, 2.05) is 0 Å². The Morgan fingerprint density at radius 2 is 2.10 bits per heavy atom. The number of likely N-dealkylation sites (tertiary alicyclic amines) is 1. The standard InChI is InChI=1S/C16H32N2O2/c1-14(2)10-17-12-16(5-8-20-9-6-16)13-18-7-3-4-15(19)11-18/h14-15,17,19H,3-13H2,1-2H3. The first-order chi connectivity index (χ1) is 9.60. The van der Waals surface area contributed by atoms with Crippen molar-refractivity contribution >= 4 is 0 Å². The summed E-state index contributed by atoms with van der Waals surface area (Å²) < 4.78 is 5.57. The van der Waals surface area contributed by atoms with Gasteiger partial charge >= 0.3 is 0 Å². The van der Waals surface area contributed by atoms with Gasteiger partial charge in [-0.3, -0.25) is 0 Å². The normalized spacial score (nSPS) is 27.9. The van der Waals surface area contributed by atoms with Crippen LogP contribution in [0.25, 0.3) is 0 Å². The van der Waals surface area contributed by atoms with Crippen LogP contribution in [0, 0.1) is 11.3 Å². The maximum absolute atomic E-state index is 9.86. The molecular weight excluding hydrogens is 252 g/mol. The lowest BCUT2D eigenvalue weighted by Gasteiger charge is -2.43. The molecule has 2 saturated heterocycles. The van der Waals surface area contributed by atoms with Crippen LogP contribution in [0.2, 0.25) is 0 Å². The van der Waals surface area contributed by atoms with Crippen molar-refractivity contribution in [2.24, 2.45) is 11.3 Å². The summed E-state index contributed by atoms with van der Waals surface area (Å²) in [6, 6.07) is 0. The summed E-state index contributed by atoms with van der Waals surface area (Å²) in [4.78, 5) is 2.47. The van der Waals surface area contributed by atoms with Crippen LogP contribution in [-0.2, 0) is 4.74 Å². The number of hydrogen-bond acceptors (Lipinski definition) is 4. The Bertz CT molecular complexity index is 278. The lowest BCUT2D eigenvalue weighted by atomic mass is 9.79. The summed E-state index contributed by atoms with van der Waals surface area (Å²) in [6.45, 7) is 11.6. The lowest BCUT2D eigenvalue weighted by molar-refractivity contribution is -0.0201. The van der Waals surface area contributed by atoms with Crippen LogP contribution in [-0.4, -0.2) is 62.0 Å². The third kappa shape index (κ3) is 4.99. The molecule has 20 heavy (non-hydrogen) atoms. The van der Waals surface area contributed by atoms with E-state index in [9.17, 15) is 5.11 Å². The van der Waals surface area contributed by atoms with Crippen molar-refractivity contribution in [1.82, 2.24) is 10.2 Å². The quantitative estimate of drug-likeness (QED) is 0.775. The molecule has 4 nitrogen and oxygen atoms in total. The van der Waals surface area contributed by atoms with E-state index in [4.69, 9.17) is 4.74 Å². The van der Waals surface area contributed by atoms with Crippen LogP contribution in [0.1, 0.15) is 39.5 Å². The first-order valence-corrected chi connectivity index (χ1v) is 8.28. The fourth-order valence-electron chi connectivity index (χ4n) is 3.47. The summed E-state index contributed by atoms with van der Waals surface area (Å²) >= 11 is 0. The van der Waals surface area contributed by atoms with E-state index >= 15 is 0 Å². The van der Waals surface area contributed by atoms with Crippen molar-refractivity contribution in [1.29, 1.82) is 0 Å². The van der Waals surface area contributed by atoms with E-state index in [-0.39, 0.29) is 6.10 Å². The van der Waals surface area contributed by atoms with Crippen molar-refractivity contribution < 1.29 is 9.84 Å². The highest BCUT2D eigenvalue weighted by Crippen LogP contribution is 2.32. The van der Waals surface area contributed by atoms with Crippen LogP contribution in [0.15, 0.2) is 0 Å². The smallest absolute Gasteiger partial charge is 0.0667 e. The topological polar surface area (TPSA) is 44.7 Å². The highest BCUT2D eigenvalue weighted by Gasteiger charge is 2.35. The van der Waals surface area contributed by atoms with Gasteiger partial charge in [-0.25, -0.2) is 0 Å². The molecule has 0 amide bonds.